The van der Waals surface area contributed by atoms with Gasteiger partial charge in [-0.25, -0.2) is 0 Å². The Kier molecular flexibility index (Phi) is 7.81. The number of carboxylic acids is 1. The third-order valence-corrected chi connectivity index (χ3v) is 2.99. The Morgan fingerprint density at radius 2 is 2.00 bits per heavy atom. The van der Waals surface area contributed by atoms with E-state index in [1.807, 2.05) is 25.1 Å². The average Bonchev–Trinajstić information content (AvgIpc) is 2.51. The number of hydrogen-bond acceptors (Lipinski definition) is 4. The molecular formula is C16H23NO5. The molecule has 0 aliphatic rings. The van der Waals surface area contributed by atoms with Gasteiger partial charge in [-0.3, -0.25) is 9.59 Å². The molecule has 22 heavy (non-hydrogen) atoms. The van der Waals surface area contributed by atoms with Gasteiger partial charge in [0.15, 0.2) is 11.5 Å². The quantitative estimate of drug-likeness (QED) is 0.690. The van der Waals surface area contributed by atoms with Crippen molar-refractivity contribution in [3.8, 4) is 11.5 Å². The van der Waals surface area contributed by atoms with E-state index in [0.717, 1.165) is 12.0 Å². The first-order valence-electron chi connectivity index (χ1n) is 7.35. The summed E-state index contributed by atoms with van der Waals surface area (Å²) in [7, 11) is 1.59. The Bertz CT molecular complexity index is 501. The van der Waals surface area contributed by atoms with Gasteiger partial charge < -0.3 is 19.9 Å². The molecule has 6 heteroatoms. The van der Waals surface area contributed by atoms with Gasteiger partial charge in [-0.05, 0) is 30.5 Å². The number of rotatable bonds is 10. The number of benzene rings is 1. The molecule has 0 aliphatic carbocycles. The monoisotopic (exact) mass is 309 g/mol. The van der Waals surface area contributed by atoms with E-state index in [2.05, 4.69) is 5.32 Å². The Labute approximate surface area is 130 Å². The third kappa shape index (κ3) is 6.47. The lowest BCUT2D eigenvalue weighted by molar-refractivity contribution is -0.138. The van der Waals surface area contributed by atoms with E-state index < -0.39 is 5.97 Å². The van der Waals surface area contributed by atoms with Crippen LogP contribution in [0.25, 0.3) is 0 Å². The van der Waals surface area contributed by atoms with Crippen molar-refractivity contribution < 1.29 is 24.2 Å². The van der Waals surface area contributed by atoms with Gasteiger partial charge in [0.2, 0.25) is 5.91 Å². The molecule has 1 amide bonds. The van der Waals surface area contributed by atoms with Crippen LogP contribution in [0.3, 0.4) is 0 Å². The highest BCUT2D eigenvalue weighted by atomic mass is 16.5. The molecule has 1 aromatic carbocycles. The maximum Gasteiger partial charge on any atom is 0.303 e. The topological polar surface area (TPSA) is 84.9 Å². The molecule has 0 saturated carbocycles. The Morgan fingerprint density at radius 3 is 2.64 bits per heavy atom. The van der Waals surface area contributed by atoms with Crippen LogP contribution in [0.1, 0.15) is 31.7 Å². The fourth-order valence-corrected chi connectivity index (χ4v) is 1.85. The molecule has 2 N–H and O–H groups in total. The number of carbonyl (C=O) groups excluding carboxylic acids is 1. The molecule has 0 aromatic heterocycles. The summed E-state index contributed by atoms with van der Waals surface area (Å²) in [5.74, 6) is 0.154. The minimum atomic E-state index is -0.970. The first-order valence-corrected chi connectivity index (χ1v) is 7.35. The van der Waals surface area contributed by atoms with Crippen molar-refractivity contribution in [2.45, 2.75) is 32.6 Å². The highest BCUT2D eigenvalue weighted by molar-refractivity contribution is 5.80. The standard InChI is InChI=1S/C16H23NO5/c1-3-10-22-13-5-4-12(11-14(13)21-2)8-9-17-15(18)6-7-16(19)20/h4-5,11H,3,6-10H2,1-2H3,(H,17,18)(H,19,20). The fourth-order valence-electron chi connectivity index (χ4n) is 1.85. The number of aliphatic carboxylic acids is 1. The van der Waals surface area contributed by atoms with Crippen molar-refractivity contribution in [1.82, 2.24) is 5.32 Å². The highest BCUT2D eigenvalue weighted by Gasteiger charge is 2.07. The van der Waals surface area contributed by atoms with Crippen LogP contribution in [0.4, 0.5) is 0 Å². The van der Waals surface area contributed by atoms with E-state index in [1.54, 1.807) is 7.11 Å². The first-order chi connectivity index (χ1) is 10.6. The van der Waals surface area contributed by atoms with Crippen LogP contribution in [0.2, 0.25) is 0 Å². The summed E-state index contributed by atoms with van der Waals surface area (Å²) in [5, 5.41) is 11.2. The van der Waals surface area contributed by atoms with Gasteiger partial charge in [0.1, 0.15) is 0 Å². The van der Waals surface area contributed by atoms with E-state index >= 15 is 0 Å². The minimum Gasteiger partial charge on any atom is -0.493 e. The Hall–Kier alpha value is -2.24. The lowest BCUT2D eigenvalue weighted by Crippen LogP contribution is -2.26. The number of carbonyl (C=O) groups is 2. The second-order valence-electron chi connectivity index (χ2n) is 4.83. The number of carboxylic acid groups (broad SMARTS) is 1. The highest BCUT2D eigenvalue weighted by Crippen LogP contribution is 2.28. The van der Waals surface area contributed by atoms with Crippen molar-refractivity contribution in [2.24, 2.45) is 0 Å². The molecule has 122 valence electrons. The van der Waals surface area contributed by atoms with Gasteiger partial charge in [-0.2, -0.15) is 0 Å². The maximum atomic E-state index is 11.4. The molecule has 0 heterocycles. The zero-order valence-corrected chi connectivity index (χ0v) is 13.1. The largest absolute Gasteiger partial charge is 0.493 e. The molecule has 0 radical (unpaired) electrons. The van der Waals surface area contributed by atoms with Gasteiger partial charge in [-0.15, -0.1) is 0 Å². The van der Waals surface area contributed by atoms with E-state index in [0.29, 0.717) is 31.1 Å². The summed E-state index contributed by atoms with van der Waals surface area (Å²) in [5.41, 5.74) is 1.01. The van der Waals surface area contributed by atoms with Gasteiger partial charge in [0, 0.05) is 13.0 Å². The molecule has 0 fully saturated rings. The van der Waals surface area contributed by atoms with Crippen LogP contribution in [-0.2, 0) is 16.0 Å². The normalized spacial score (nSPS) is 10.1. The lowest BCUT2D eigenvalue weighted by Gasteiger charge is -2.12. The van der Waals surface area contributed by atoms with Crippen molar-refractivity contribution in [2.75, 3.05) is 20.3 Å². The zero-order valence-electron chi connectivity index (χ0n) is 13.1. The van der Waals surface area contributed by atoms with Crippen molar-refractivity contribution in [3.05, 3.63) is 23.8 Å². The Morgan fingerprint density at radius 1 is 1.23 bits per heavy atom. The van der Waals surface area contributed by atoms with Crippen molar-refractivity contribution in [1.29, 1.82) is 0 Å². The predicted molar refractivity (Wildman–Crippen MR) is 82.4 cm³/mol. The van der Waals surface area contributed by atoms with Crippen LogP contribution < -0.4 is 14.8 Å². The van der Waals surface area contributed by atoms with Crippen LogP contribution in [0.15, 0.2) is 18.2 Å². The van der Waals surface area contributed by atoms with E-state index in [1.165, 1.54) is 0 Å². The van der Waals surface area contributed by atoms with E-state index in [-0.39, 0.29) is 18.7 Å². The van der Waals surface area contributed by atoms with Crippen molar-refractivity contribution in [3.63, 3.8) is 0 Å². The zero-order chi connectivity index (χ0) is 16.4. The molecule has 1 rings (SSSR count). The smallest absolute Gasteiger partial charge is 0.303 e. The number of ether oxygens (including phenoxy) is 2. The molecule has 1 aromatic rings. The molecule has 0 spiro atoms. The maximum absolute atomic E-state index is 11.4. The van der Waals surface area contributed by atoms with Crippen molar-refractivity contribution >= 4 is 11.9 Å². The third-order valence-electron chi connectivity index (χ3n) is 2.99. The van der Waals surface area contributed by atoms with Gasteiger partial charge in [0.05, 0.1) is 20.1 Å². The molecule has 0 saturated heterocycles. The first kappa shape index (κ1) is 17.8. The minimum absolute atomic E-state index is 0.00243. The predicted octanol–water partition coefficient (Wildman–Crippen LogP) is 2.01. The molecule has 0 atom stereocenters. The van der Waals surface area contributed by atoms with Crippen LogP contribution in [0, 0.1) is 0 Å². The molecule has 0 aliphatic heterocycles. The number of amides is 1. The summed E-state index contributed by atoms with van der Waals surface area (Å²) in [6.07, 6.45) is 1.42. The van der Waals surface area contributed by atoms with Crippen LogP contribution in [0.5, 0.6) is 11.5 Å². The molecule has 6 nitrogen and oxygen atoms in total. The SMILES string of the molecule is CCCOc1ccc(CCNC(=O)CCC(=O)O)cc1OC. The van der Waals surface area contributed by atoms with Gasteiger partial charge in [-0.1, -0.05) is 13.0 Å². The lowest BCUT2D eigenvalue weighted by atomic mass is 10.1. The molecular weight excluding hydrogens is 286 g/mol. The second-order valence-corrected chi connectivity index (χ2v) is 4.83. The number of methoxy groups -OCH3 is 1. The summed E-state index contributed by atoms with van der Waals surface area (Å²) < 4.78 is 10.9. The number of nitrogens with one attached hydrogen (secondary N) is 1. The molecule has 0 unspecified atom stereocenters. The van der Waals surface area contributed by atoms with Crippen LogP contribution >= 0.6 is 0 Å². The number of hydrogen-bond donors (Lipinski definition) is 2. The summed E-state index contributed by atoms with van der Waals surface area (Å²) in [6.45, 7) is 3.12. The fraction of sp³-hybridized carbons (Fsp3) is 0.500. The Balaban J connectivity index is 2.45. The molecule has 0 bridgehead atoms. The van der Waals surface area contributed by atoms with E-state index in [9.17, 15) is 9.59 Å². The summed E-state index contributed by atoms with van der Waals surface area (Å²) >= 11 is 0. The van der Waals surface area contributed by atoms with Crippen LogP contribution in [-0.4, -0.2) is 37.2 Å². The second kappa shape index (κ2) is 9.65. The van der Waals surface area contributed by atoms with Gasteiger partial charge in [0.25, 0.3) is 0 Å². The van der Waals surface area contributed by atoms with E-state index in [4.69, 9.17) is 14.6 Å². The average molecular weight is 309 g/mol. The summed E-state index contributed by atoms with van der Waals surface area (Å²) in [6, 6.07) is 5.67. The summed E-state index contributed by atoms with van der Waals surface area (Å²) in [4.78, 5) is 21.8. The van der Waals surface area contributed by atoms with Gasteiger partial charge >= 0.3 is 5.97 Å².